The molecular formula is C16H17F3N4O. The van der Waals surface area contributed by atoms with Crippen molar-refractivity contribution in [2.45, 2.75) is 19.1 Å². The van der Waals surface area contributed by atoms with E-state index < -0.39 is 11.7 Å². The first-order chi connectivity index (χ1) is 11.2. The first-order valence-corrected chi connectivity index (χ1v) is 7.17. The Morgan fingerprint density at radius 2 is 1.92 bits per heavy atom. The Morgan fingerprint density at radius 3 is 2.42 bits per heavy atom. The fourth-order valence-corrected chi connectivity index (χ4v) is 2.30. The summed E-state index contributed by atoms with van der Waals surface area (Å²) in [7, 11) is 3.64. The highest BCUT2D eigenvalue weighted by molar-refractivity contribution is 5.45. The van der Waals surface area contributed by atoms with Crippen molar-refractivity contribution >= 4 is 5.88 Å². The van der Waals surface area contributed by atoms with Crippen LogP contribution in [0.15, 0.2) is 28.7 Å². The van der Waals surface area contributed by atoms with Crippen LogP contribution in [0.2, 0.25) is 0 Å². The van der Waals surface area contributed by atoms with Crippen LogP contribution in [0.25, 0.3) is 0 Å². The van der Waals surface area contributed by atoms with Crippen molar-refractivity contribution in [3.63, 3.8) is 0 Å². The summed E-state index contributed by atoms with van der Waals surface area (Å²) in [5, 5.41) is 12.0. The van der Waals surface area contributed by atoms with Gasteiger partial charge in [-0.3, -0.25) is 0 Å². The molecule has 0 saturated heterocycles. The lowest BCUT2D eigenvalue weighted by molar-refractivity contribution is -0.137. The molecule has 0 radical (unpaired) electrons. The third kappa shape index (κ3) is 4.06. The average Bonchev–Trinajstić information content (AvgIpc) is 2.87. The zero-order valence-corrected chi connectivity index (χ0v) is 13.5. The van der Waals surface area contributed by atoms with Crippen LogP contribution < -0.4 is 5.32 Å². The van der Waals surface area contributed by atoms with Crippen LogP contribution in [0.3, 0.4) is 0 Å². The first-order valence-electron chi connectivity index (χ1n) is 7.17. The van der Waals surface area contributed by atoms with Crippen LogP contribution in [0.5, 0.6) is 0 Å². The number of anilines is 1. The molecule has 1 atom stereocenters. The molecule has 1 heterocycles. The van der Waals surface area contributed by atoms with Crippen molar-refractivity contribution in [3.8, 4) is 6.07 Å². The summed E-state index contributed by atoms with van der Waals surface area (Å²) in [5.41, 5.74) is 0.182. The number of oxazole rings is 1. The molecule has 2 aromatic rings. The van der Waals surface area contributed by atoms with E-state index in [4.69, 9.17) is 9.68 Å². The van der Waals surface area contributed by atoms with Gasteiger partial charge < -0.3 is 14.6 Å². The fraction of sp³-hybridized carbons (Fsp3) is 0.375. The lowest BCUT2D eigenvalue weighted by Gasteiger charge is -2.25. The van der Waals surface area contributed by atoms with E-state index in [0.717, 1.165) is 17.7 Å². The second-order valence-corrected chi connectivity index (χ2v) is 5.50. The van der Waals surface area contributed by atoms with E-state index in [2.05, 4.69) is 10.3 Å². The third-order valence-electron chi connectivity index (χ3n) is 3.54. The van der Waals surface area contributed by atoms with Crippen LogP contribution >= 0.6 is 0 Å². The largest absolute Gasteiger partial charge is 0.424 e. The summed E-state index contributed by atoms with van der Waals surface area (Å²) >= 11 is 0. The van der Waals surface area contributed by atoms with E-state index in [1.165, 1.54) is 12.1 Å². The van der Waals surface area contributed by atoms with E-state index in [1.807, 2.05) is 25.1 Å². The Bertz CT molecular complexity index is 729. The smallest absolute Gasteiger partial charge is 0.416 e. The van der Waals surface area contributed by atoms with E-state index in [1.54, 1.807) is 6.92 Å². The normalized spacial score (nSPS) is 12.9. The lowest BCUT2D eigenvalue weighted by Crippen LogP contribution is -2.27. The van der Waals surface area contributed by atoms with Gasteiger partial charge in [0, 0.05) is 13.5 Å². The fourth-order valence-electron chi connectivity index (χ4n) is 2.30. The molecule has 1 N–H and O–H groups in total. The zero-order valence-electron chi connectivity index (χ0n) is 13.5. The topological polar surface area (TPSA) is 65.1 Å². The van der Waals surface area contributed by atoms with Crippen molar-refractivity contribution in [1.82, 2.24) is 9.88 Å². The number of likely N-dealkylation sites (N-methyl/N-ethyl adjacent to an activating group) is 1. The van der Waals surface area contributed by atoms with Gasteiger partial charge in [-0.15, -0.1) is 0 Å². The summed E-state index contributed by atoms with van der Waals surface area (Å²) in [5.74, 6) is 0.624. The molecule has 0 amide bonds. The maximum Gasteiger partial charge on any atom is 0.416 e. The minimum atomic E-state index is -4.36. The van der Waals surface area contributed by atoms with Gasteiger partial charge in [0.15, 0.2) is 5.89 Å². The van der Waals surface area contributed by atoms with E-state index in [-0.39, 0.29) is 17.6 Å². The lowest BCUT2D eigenvalue weighted by atomic mass is 10.0. The predicted molar refractivity (Wildman–Crippen MR) is 82.3 cm³/mol. The Morgan fingerprint density at radius 1 is 1.29 bits per heavy atom. The van der Waals surface area contributed by atoms with E-state index >= 15 is 0 Å². The summed E-state index contributed by atoms with van der Waals surface area (Å²) in [6, 6.07) is 6.74. The van der Waals surface area contributed by atoms with Crippen molar-refractivity contribution in [3.05, 3.63) is 47.0 Å². The molecule has 0 fully saturated rings. The van der Waals surface area contributed by atoms with Crippen LogP contribution in [0.1, 0.15) is 28.8 Å². The number of halogens is 3. The quantitative estimate of drug-likeness (QED) is 0.902. The molecule has 0 aliphatic heterocycles. The highest BCUT2D eigenvalue weighted by atomic mass is 19.4. The molecular weight excluding hydrogens is 321 g/mol. The molecule has 0 unspecified atom stereocenters. The Labute approximate surface area is 137 Å². The van der Waals surface area contributed by atoms with E-state index in [0.29, 0.717) is 12.4 Å². The van der Waals surface area contributed by atoms with Crippen LogP contribution in [-0.2, 0) is 6.18 Å². The van der Waals surface area contributed by atoms with Gasteiger partial charge in [-0.2, -0.15) is 18.4 Å². The van der Waals surface area contributed by atoms with Gasteiger partial charge in [-0.05, 0) is 31.8 Å². The number of alkyl halides is 3. The molecule has 0 aliphatic rings. The standard InChI is InChI=1S/C16H17F3N4O/c1-10-22-13(8-20)15(24-10)21-9-14(23(2)3)11-4-6-12(7-5-11)16(17,18)19/h4-7,14,21H,9H2,1-3H3/t14-/m0/s1. The molecule has 0 saturated carbocycles. The summed E-state index contributed by atoms with van der Waals surface area (Å²) in [6.45, 7) is 1.98. The predicted octanol–water partition coefficient (Wildman–Crippen LogP) is 3.59. The molecule has 1 aromatic heterocycles. The minimum absolute atomic E-state index is 0.150. The summed E-state index contributed by atoms with van der Waals surface area (Å²) < 4.78 is 43.3. The van der Waals surface area contributed by atoms with Gasteiger partial charge in [0.1, 0.15) is 6.07 Å². The van der Waals surface area contributed by atoms with Gasteiger partial charge >= 0.3 is 6.18 Å². The van der Waals surface area contributed by atoms with Gasteiger partial charge in [-0.1, -0.05) is 12.1 Å². The summed E-state index contributed by atoms with van der Waals surface area (Å²) in [4.78, 5) is 5.80. The second-order valence-electron chi connectivity index (χ2n) is 5.50. The van der Waals surface area contributed by atoms with Crippen molar-refractivity contribution in [2.24, 2.45) is 0 Å². The second kappa shape index (κ2) is 6.93. The van der Waals surface area contributed by atoms with Crippen molar-refractivity contribution < 1.29 is 17.6 Å². The molecule has 0 spiro atoms. The van der Waals surface area contributed by atoms with Crippen molar-refractivity contribution in [2.75, 3.05) is 26.0 Å². The van der Waals surface area contributed by atoms with Crippen LogP contribution in [-0.4, -0.2) is 30.5 Å². The number of hydrogen-bond acceptors (Lipinski definition) is 5. The third-order valence-corrected chi connectivity index (χ3v) is 3.54. The molecule has 0 aliphatic carbocycles. The van der Waals surface area contributed by atoms with Crippen LogP contribution in [0.4, 0.5) is 19.1 Å². The number of hydrogen-bond donors (Lipinski definition) is 1. The molecule has 0 bridgehead atoms. The Balaban J connectivity index is 2.16. The number of rotatable bonds is 5. The summed E-state index contributed by atoms with van der Waals surface area (Å²) in [6.07, 6.45) is -4.36. The molecule has 2 rings (SSSR count). The minimum Gasteiger partial charge on any atom is -0.424 e. The monoisotopic (exact) mass is 338 g/mol. The number of nitriles is 1. The molecule has 8 heteroatoms. The highest BCUT2D eigenvalue weighted by Gasteiger charge is 2.30. The number of nitrogens with one attached hydrogen (secondary N) is 1. The molecule has 1 aromatic carbocycles. The van der Waals surface area contributed by atoms with Crippen molar-refractivity contribution in [1.29, 1.82) is 5.26 Å². The Hall–Kier alpha value is -2.53. The van der Waals surface area contributed by atoms with Crippen LogP contribution in [0, 0.1) is 18.3 Å². The number of aryl methyl sites for hydroxylation is 1. The number of benzene rings is 1. The number of nitrogens with zero attached hydrogens (tertiary/aromatic N) is 3. The molecule has 24 heavy (non-hydrogen) atoms. The Kier molecular flexibility index (Phi) is 5.14. The highest BCUT2D eigenvalue weighted by Crippen LogP contribution is 2.30. The van der Waals surface area contributed by atoms with Gasteiger partial charge in [0.2, 0.25) is 11.6 Å². The zero-order chi connectivity index (χ0) is 17.9. The maximum atomic E-state index is 12.7. The SMILES string of the molecule is Cc1nc(C#N)c(NC[C@@H](c2ccc(C(F)(F)F)cc2)N(C)C)o1. The average molecular weight is 338 g/mol. The number of aromatic nitrogens is 1. The van der Waals surface area contributed by atoms with Gasteiger partial charge in [0.05, 0.1) is 11.6 Å². The van der Waals surface area contributed by atoms with E-state index in [9.17, 15) is 13.2 Å². The molecule has 128 valence electrons. The van der Waals surface area contributed by atoms with Gasteiger partial charge in [0.25, 0.3) is 0 Å². The maximum absolute atomic E-state index is 12.7. The molecule has 5 nitrogen and oxygen atoms in total. The first kappa shape index (κ1) is 17.8. The van der Waals surface area contributed by atoms with Gasteiger partial charge in [-0.25, -0.2) is 4.98 Å².